The molecule has 1 N–H and O–H groups in total. The van der Waals surface area contributed by atoms with Gasteiger partial charge in [-0.15, -0.1) is 0 Å². The molecule has 0 spiro atoms. The summed E-state index contributed by atoms with van der Waals surface area (Å²) in [5.74, 6) is -1.61. The van der Waals surface area contributed by atoms with E-state index in [0.717, 1.165) is 24.5 Å². The highest BCUT2D eigenvalue weighted by Crippen LogP contribution is 2.25. The van der Waals surface area contributed by atoms with Crippen molar-refractivity contribution < 1.29 is 13.9 Å². The molecule has 18 heavy (non-hydrogen) atoms. The van der Waals surface area contributed by atoms with Crippen LogP contribution in [0.4, 0.5) is 8.78 Å². The zero-order valence-electron chi connectivity index (χ0n) is 10.4. The average Bonchev–Trinajstić information content (AvgIpc) is 2.87. The summed E-state index contributed by atoms with van der Waals surface area (Å²) in [4.78, 5) is 2.17. The van der Waals surface area contributed by atoms with E-state index >= 15 is 0 Å². The zero-order valence-corrected chi connectivity index (χ0v) is 10.4. The zero-order chi connectivity index (χ0) is 13.0. The second-order valence-electron chi connectivity index (χ2n) is 4.88. The molecule has 0 radical (unpaired) electrons. The summed E-state index contributed by atoms with van der Waals surface area (Å²) in [6.07, 6.45) is 4.68. The third-order valence-electron chi connectivity index (χ3n) is 3.60. The maximum Gasteiger partial charge on any atom is 0.159 e. The number of hydrogen-bond acceptors (Lipinski definition) is 2. The molecule has 0 amide bonds. The van der Waals surface area contributed by atoms with Crippen LogP contribution in [0.15, 0.2) is 18.2 Å². The number of aliphatic hydroxyl groups is 1. The van der Waals surface area contributed by atoms with Crippen LogP contribution in [0.5, 0.6) is 0 Å². The molecule has 1 aliphatic rings. The first-order chi connectivity index (χ1) is 8.70. The van der Waals surface area contributed by atoms with Gasteiger partial charge in [0.05, 0.1) is 6.61 Å². The van der Waals surface area contributed by atoms with Gasteiger partial charge in [-0.2, -0.15) is 0 Å². The fourth-order valence-electron chi connectivity index (χ4n) is 2.66. The summed E-state index contributed by atoms with van der Waals surface area (Å²) in [6, 6.07) is 4.48. The second-order valence-corrected chi connectivity index (χ2v) is 4.88. The molecule has 0 saturated heterocycles. The van der Waals surface area contributed by atoms with E-state index in [4.69, 9.17) is 5.11 Å². The van der Waals surface area contributed by atoms with Crippen molar-refractivity contribution in [1.29, 1.82) is 0 Å². The summed E-state index contributed by atoms with van der Waals surface area (Å²) in [7, 11) is 0. The predicted octanol–water partition coefficient (Wildman–Crippen LogP) is 2.70. The number of halogens is 2. The topological polar surface area (TPSA) is 23.5 Å². The summed E-state index contributed by atoms with van der Waals surface area (Å²) >= 11 is 0. The van der Waals surface area contributed by atoms with Gasteiger partial charge in [0.25, 0.3) is 0 Å². The molecule has 4 heteroatoms. The van der Waals surface area contributed by atoms with Crippen LogP contribution >= 0.6 is 0 Å². The SMILES string of the molecule is OCCN(Cc1ccc(F)c(F)c1)C1CCCC1. The van der Waals surface area contributed by atoms with E-state index in [0.29, 0.717) is 19.1 Å². The van der Waals surface area contributed by atoms with Crippen LogP contribution in [0.2, 0.25) is 0 Å². The van der Waals surface area contributed by atoms with Crippen LogP contribution in [0.1, 0.15) is 31.2 Å². The largest absolute Gasteiger partial charge is 0.395 e. The second kappa shape index (κ2) is 6.25. The predicted molar refractivity (Wildman–Crippen MR) is 66.1 cm³/mol. The van der Waals surface area contributed by atoms with E-state index in [1.807, 2.05) is 0 Å². The van der Waals surface area contributed by atoms with Gasteiger partial charge in [-0.05, 0) is 30.5 Å². The minimum Gasteiger partial charge on any atom is -0.395 e. The van der Waals surface area contributed by atoms with Crippen LogP contribution < -0.4 is 0 Å². The molecule has 0 aliphatic heterocycles. The minimum atomic E-state index is -0.812. The maximum atomic E-state index is 13.1. The Kier molecular flexibility index (Phi) is 4.66. The Balaban J connectivity index is 2.04. The molecule has 2 rings (SSSR count). The van der Waals surface area contributed by atoms with Gasteiger partial charge < -0.3 is 5.11 Å². The number of hydrogen-bond donors (Lipinski definition) is 1. The van der Waals surface area contributed by atoms with Crippen molar-refractivity contribution in [2.75, 3.05) is 13.2 Å². The van der Waals surface area contributed by atoms with Gasteiger partial charge in [0, 0.05) is 19.1 Å². The Labute approximate surface area is 106 Å². The molecule has 0 bridgehead atoms. The summed E-state index contributed by atoms with van der Waals surface area (Å²) in [6.45, 7) is 1.26. The normalized spacial score (nSPS) is 16.7. The molecule has 100 valence electrons. The molecule has 1 saturated carbocycles. The van der Waals surface area contributed by atoms with Gasteiger partial charge >= 0.3 is 0 Å². The minimum absolute atomic E-state index is 0.0974. The van der Waals surface area contributed by atoms with Crippen molar-refractivity contribution >= 4 is 0 Å². The Hall–Kier alpha value is -1.00. The first kappa shape index (κ1) is 13.4. The highest BCUT2D eigenvalue weighted by molar-refractivity contribution is 5.17. The van der Waals surface area contributed by atoms with E-state index in [2.05, 4.69) is 4.90 Å². The quantitative estimate of drug-likeness (QED) is 0.874. The van der Waals surface area contributed by atoms with Gasteiger partial charge in [-0.25, -0.2) is 8.78 Å². The number of rotatable bonds is 5. The standard InChI is InChI=1S/C14H19F2NO/c15-13-6-5-11(9-14(13)16)10-17(7-8-18)12-3-1-2-4-12/h5-6,9,12,18H,1-4,7-8,10H2. The molecular weight excluding hydrogens is 236 g/mol. The van der Waals surface area contributed by atoms with E-state index in [1.54, 1.807) is 6.07 Å². The molecule has 1 fully saturated rings. The lowest BCUT2D eigenvalue weighted by Crippen LogP contribution is -2.35. The first-order valence-electron chi connectivity index (χ1n) is 6.49. The molecule has 1 aliphatic carbocycles. The third-order valence-corrected chi connectivity index (χ3v) is 3.60. The number of benzene rings is 1. The van der Waals surface area contributed by atoms with Gasteiger partial charge in [-0.1, -0.05) is 18.9 Å². The Morgan fingerprint density at radius 3 is 2.50 bits per heavy atom. The van der Waals surface area contributed by atoms with Crippen molar-refractivity contribution in [2.45, 2.75) is 38.3 Å². The van der Waals surface area contributed by atoms with Gasteiger partial charge in [0.15, 0.2) is 11.6 Å². The van der Waals surface area contributed by atoms with E-state index in [-0.39, 0.29) is 6.61 Å². The number of nitrogens with zero attached hydrogens (tertiary/aromatic N) is 1. The van der Waals surface area contributed by atoms with Crippen molar-refractivity contribution in [2.24, 2.45) is 0 Å². The summed E-state index contributed by atoms with van der Waals surface area (Å²) in [5.41, 5.74) is 0.759. The lowest BCUT2D eigenvalue weighted by atomic mass is 10.1. The first-order valence-corrected chi connectivity index (χ1v) is 6.49. The lowest BCUT2D eigenvalue weighted by molar-refractivity contribution is 0.144. The number of aliphatic hydroxyl groups excluding tert-OH is 1. The van der Waals surface area contributed by atoms with Crippen LogP contribution in [0, 0.1) is 11.6 Å². The van der Waals surface area contributed by atoms with Crippen LogP contribution in [-0.4, -0.2) is 29.2 Å². The smallest absolute Gasteiger partial charge is 0.159 e. The van der Waals surface area contributed by atoms with Crippen LogP contribution in [0.25, 0.3) is 0 Å². The van der Waals surface area contributed by atoms with Crippen molar-refractivity contribution in [1.82, 2.24) is 4.90 Å². The Bertz CT molecular complexity index is 391. The fourth-order valence-corrected chi connectivity index (χ4v) is 2.66. The molecule has 0 unspecified atom stereocenters. The highest BCUT2D eigenvalue weighted by Gasteiger charge is 2.22. The van der Waals surface area contributed by atoms with E-state index in [9.17, 15) is 8.78 Å². The Morgan fingerprint density at radius 2 is 1.89 bits per heavy atom. The van der Waals surface area contributed by atoms with Crippen molar-refractivity contribution in [3.8, 4) is 0 Å². The highest BCUT2D eigenvalue weighted by atomic mass is 19.2. The van der Waals surface area contributed by atoms with Crippen molar-refractivity contribution in [3.63, 3.8) is 0 Å². The molecule has 1 aromatic carbocycles. The summed E-state index contributed by atoms with van der Waals surface area (Å²) < 4.78 is 26.0. The summed E-state index contributed by atoms with van der Waals surface area (Å²) in [5, 5.41) is 9.10. The van der Waals surface area contributed by atoms with E-state index in [1.165, 1.54) is 18.9 Å². The van der Waals surface area contributed by atoms with Gasteiger partial charge in [0.1, 0.15) is 0 Å². The molecule has 0 aromatic heterocycles. The third kappa shape index (κ3) is 3.27. The van der Waals surface area contributed by atoms with E-state index < -0.39 is 11.6 Å². The van der Waals surface area contributed by atoms with Crippen molar-refractivity contribution in [3.05, 3.63) is 35.4 Å². The fraction of sp³-hybridized carbons (Fsp3) is 0.571. The van der Waals surface area contributed by atoms with Gasteiger partial charge in [-0.3, -0.25) is 4.90 Å². The Morgan fingerprint density at radius 1 is 1.17 bits per heavy atom. The average molecular weight is 255 g/mol. The molecule has 2 nitrogen and oxygen atoms in total. The van der Waals surface area contributed by atoms with Gasteiger partial charge in [0.2, 0.25) is 0 Å². The molecule has 0 heterocycles. The van der Waals surface area contributed by atoms with Crippen LogP contribution in [-0.2, 0) is 6.54 Å². The van der Waals surface area contributed by atoms with Crippen LogP contribution in [0.3, 0.4) is 0 Å². The molecule has 0 atom stereocenters. The molecule has 1 aromatic rings. The maximum absolute atomic E-state index is 13.1. The molecular formula is C14H19F2NO. The lowest BCUT2D eigenvalue weighted by Gasteiger charge is -2.28. The monoisotopic (exact) mass is 255 g/mol.